The minimum atomic E-state index is -1.04. The summed E-state index contributed by atoms with van der Waals surface area (Å²) >= 11 is 3.35. The van der Waals surface area contributed by atoms with Crippen LogP contribution in [-0.2, 0) is 4.79 Å². The van der Waals surface area contributed by atoms with Crippen molar-refractivity contribution in [3.05, 3.63) is 52.0 Å². The Balaban J connectivity index is 1.83. The van der Waals surface area contributed by atoms with Crippen LogP contribution in [0.15, 0.2) is 34.8 Å². The second-order valence-electron chi connectivity index (χ2n) is 6.96. The van der Waals surface area contributed by atoms with Gasteiger partial charge in [0, 0.05) is 23.6 Å². The van der Waals surface area contributed by atoms with Gasteiger partial charge in [-0.3, -0.25) is 9.59 Å². The summed E-state index contributed by atoms with van der Waals surface area (Å²) in [6, 6.07) is 5.78. The fourth-order valence-electron chi connectivity index (χ4n) is 2.96. The topological polar surface area (TPSA) is 70.7 Å². The van der Waals surface area contributed by atoms with Crippen LogP contribution in [0, 0.1) is 11.6 Å². The normalized spacial score (nSPS) is 16.2. The zero-order valence-electron chi connectivity index (χ0n) is 16.1. The van der Waals surface area contributed by atoms with E-state index in [-0.39, 0.29) is 23.9 Å². The molecule has 2 N–H and O–H groups in total. The van der Waals surface area contributed by atoms with Crippen molar-refractivity contribution < 1.29 is 23.1 Å². The Morgan fingerprint density at radius 3 is 2.66 bits per heavy atom. The summed E-state index contributed by atoms with van der Waals surface area (Å²) < 4.78 is 34.6. The average Bonchev–Trinajstić information content (AvgIpc) is 2.76. The molecule has 0 saturated carbocycles. The standard InChI is InChI=1S/C20H20BrF2N3O3/c1-10(2)24-15-7-12(13(22)8-14(15)23)19(27)25-16-9-29-18-5-4-11(21)6-17(18)26(3)20(16)28/h4-8,10,16,24H,9H2,1-3H3,(H,25,27). The molecule has 0 fully saturated rings. The van der Waals surface area contributed by atoms with Crippen molar-refractivity contribution in [1.29, 1.82) is 0 Å². The summed E-state index contributed by atoms with van der Waals surface area (Å²) in [6.45, 7) is 3.45. The molecule has 29 heavy (non-hydrogen) atoms. The number of nitrogens with one attached hydrogen (secondary N) is 2. The Labute approximate surface area is 175 Å². The fourth-order valence-corrected chi connectivity index (χ4v) is 3.30. The van der Waals surface area contributed by atoms with Crippen LogP contribution >= 0.6 is 15.9 Å². The number of carbonyl (C=O) groups is 2. The second-order valence-corrected chi connectivity index (χ2v) is 7.87. The molecule has 3 rings (SSSR count). The van der Waals surface area contributed by atoms with Gasteiger partial charge in [0.2, 0.25) is 0 Å². The summed E-state index contributed by atoms with van der Waals surface area (Å²) in [7, 11) is 1.56. The minimum absolute atomic E-state index is 0.00404. The lowest BCUT2D eigenvalue weighted by Crippen LogP contribution is -2.49. The van der Waals surface area contributed by atoms with Gasteiger partial charge in [0.1, 0.15) is 30.0 Å². The van der Waals surface area contributed by atoms with E-state index in [1.807, 2.05) is 0 Å². The molecule has 0 aliphatic carbocycles. The van der Waals surface area contributed by atoms with Gasteiger partial charge in [-0.05, 0) is 38.1 Å². The Hall–Kier alpha value is -2.68. The molecule has 0 radical (unpaired) electrons. The molecule has 9 heteroatoms. The Morgan fingerprint density at radius 2 is 1.97 bits per heavy atom. The maximum atomic E-state index is 14.2. The monoisotopic (exact) mass is 467 g/mol. The first kappa shape index (κ1) is 21.0. The lowest BCUT2D eigenvalue weighted by atomic mass is 10.1. The molecule has 154 valence electrons. The lowest BCUT2D eigenvalue weighted by molar-refractivity contribution is -0.120. The molecule has 2 amide bonds. The number of likely N-dealkylation sites (N-methyl/N-ethyl adjacent to an activating group) is 1. The largest absolute Gasteiger partial charge is 0.489 e. The molecule has 0 bridgehead atoms. The number of hydrogen-bond acceptors (Lipinski definition) is 4. The van der Waals surface area contributed by atoms with Crippen LogP contribution in [0.25, 0.3) is 0 Å². The summed E-state index contributed by atoms with van der Waals surface area (Å²) in [5.74, 6) is -2.59. The molecule has 2 aromatic carbocycles. The van der Waals surface area contributed by atoms with Gasteiger partial charge in [-0.15, -0.1) is 0 Å². The van der Waals surface area contributed by atoms with E-state index in [0.717, 1.165) is 10.5 Å². The molecule has 2 aromatic rings. The number of benzene rings is 2. The number of anilines is 2. The van der Waals surface area contributed by atoms with Gasteiger partial charge in [0.25, 0.3) is 11.8 Å². The summed E-state index contributed by atoms with van der Waals surface area (Å²) in [4.78, 5) is 26.8. The number of amides is 2. The van der Waals surface area contributed by atoms with E-state index in [2.05, 4.69) is 26.6 Å². The molecule has 1 unspecified atom stereocenters. The highest BCUT2D eigenvalue weighted by molar-refractivity contribution is 9.10. The zero-order chi connectivity index (χ0) is 21.3. The number of rotatable bonds is 4. The van der Waals surface area contributed by atoms with E-state index in [1.54, 1.807) is 39.1 Å². The van der Waals surface area contributed by atoms with Crippen LogP contribution < -0.4 is 20.3 Å². The Morgan fingerprint density at radius 1 is 1.24 bits per heavy atom. The van der Waals surface area contributed by atoms with Crippen LogP contribution in [0.3, 0.4) is 0 Å². The summed E-state index contributed by atoms with van der Waals surface area (Å²) in [5, 5.41) is 5.30. The SMILES string of the molecule is CC(C)Nc1cc(C(=O)NC2COc3ccc(Br)cc3N(C)C2=O)c(F)cc1F. The van der Waals surface area contributed by atoms with E-state index in [0.29, 0.717) is 17.5 Å². The zero-order valence-corrected chi connectivity index (χ0v) is 17.6. The lowest BCUT2D eigenvalue weighted by Gasteiger charge is -2.21. The van der Waals surface area contributed by atoms with Crippen LogP contribution in [0.5, 0.6) is 5.75 Å². The molecule has 0 saturated heterocycles. The van der Waals surface area contributed by atoms with Gasteiger partial charge in [0.05, 0.1) is 16.9 Å². The quantitative estimate of drug-likeness (QED) is 0.718. The minimum Gasteiger partial charge on any atom is -0.489 e. The van der Waals surface area contributed by atoms with Crippen LogP contribution in [0.2, 0.25) is 0 Å². The molecule has 1 atom stereocenters. The van der Waals surface area contributed by atoms with Crippen LogP contribution in [0.4, 0.5) is 20.2 Å². The number of nitrogens with zero attached hydrogens (tertiary/aromatic N) is 1. The third-order valence-electron chi connectivity index (χ3n) is 4.37. The van der Waals surface area contributed by atoms with Gasteiger partial charge in [-0.1, -0.05) is 15.9 Å². The predicted octanol–water partition coefficient (Wildman–Crippen LogP) is 3.70. The van der Waals surface area contributed by atoms with Crippen molar-refractivity contribution in [2.24, 2.45) is 0 Å². The number of halogens is 3. The maximum Gasteiger partial charge on any atom is 0.255 e. The number of fused-ring (bicyclic) bond motifs is 1. The first-order valence-corrected chi connectivity index (χ1v) is 9.73. The predicted molar refractivity (Wildman–Crippen MR) is 109 cm³/mol. The first-order chi connectivity index (χ1) is 13.7. The van der Waals surface area contributed by atoms with Crippen molar-refractivity contribution >= 4 is 39.1 Å². The third kappa shape index (κ3) is 4.50. The van der Waals surface area contributed by atoms with Crippen LogP contribution in [-0.4, -0.2) is 37.6 Å². The highest BCUT2D eigenvalue weighted by atomic mass is 79.9. The number of ether oxygens (including phenoxy) is 1. The van der Waals surface area contributed by atoms with Crippen LogP contribution in [0.1, 0.15) is 24.2 Å². The number of carbonyl (C=O) groups excluding carboxylic acids is 2. The van der Waals surface area contributed by atoms with Crippen molar-refractivity contribution in [3.8, 4) is 5.75 Å². The van der Waals surface area contributed by atoms with Gasteiger partial charge in [-0.25, -0.2) is 8.78 Å². The van der Waals surface area contributed by atoms with Crippen molar-refractivity contribution in [2.45, 2.75) is 25.9 Å². The van der Waals surface area contributed by atoms with E-state index in [1.165, 1.54) is 4.90 Å². The smallest absolute Gasteiger partial charge is 0.255 e. The molecule has 1 aliphatic heterocycles. The van der Waals surface area contributed by atoms with Crippen molar-refractivity contribution in [2.75, 3.05) is 23.9 Å². The maximum absolute atomic E-state index is 14.2. The summed E-state index contributed by atoms with van der Waals surface area (Å²) in [5.41, 5.74) is 0.177. The molecule has 6 nitrogen and oxygen atoms in total. The second kappa shape index (κ2) is 8.36. The van der Waals surface area contributed by atoms with Gasteiger partial charge >= 0.3 is 0 Å². The molecular weight excluding hydrogens is 448 g/mol. The van der Waals surface area contributed by atoms with E-state index in [4.69, 9.17) is 4.74 Å². The van der Waals surface area contributed by atoms with E-state index in [9.17, 15) is 18.4 Å². The van der Waals surface area contributed by atoms with Gasteiger partial charge < -0.3 is 20.3 Å². The average molecular weight is 468 g/mol. The molecule has 1 aliphatic rings. The highest BCUT2D eigenvalue weighted by Crippen LogP contribution is 2.33. The molecule has 1 heterocycles. The molecule has 0 spiro atoms. The Bertz CT molecular complexity index is 968. The van der Waals surface area contributed by atoms with Crippen molar-refractivity contribution in [1.82, 2.24) is 5.32 Å². The summed E-state index contributed by atoms with van der Waals surface area (Å²) in [6.07, 6.45) is 0. The van der Waals surface area contributed by atoms with Crippen molar-refractivity contribution in [3.63, 3.8) is 0 Å². The highest BCUT2D eigenvalue weighted by Gasteiger charge is 2.31. The first-order valence-electron chi connectivity index (χ1n) is 8.93. The van der Waals surface area contributed by atoms with Gasteiger partial charge in [-0.2, -0.15) is 0 Å². The molecular formula is C20H20BrF2N3O3. The van der Waals surface area contributed by atoms with Gasteiger partial charge in [0.15, 0.2) is 0 Å². The fraction of sp³-hybridized carbons (Fsp3) is 0.300. The number of hydrogen-bond donors (Lipinski definition) is 2. The Kier molecular flexibility index (Phi) is 6.07. The van der Waals surface area contributed by atoms with E-state index < -0.39 is 29.5 Å². The van der Waals surface area contributed by atoms with E-state index >= 15 is 0 Å². The molecule has 0 aromatic heterocycles. The third-order valence-corrected chi connectivity index (χ3v) is 4.86.